The van der Waals surface area contributed by atoms with Gasteiger partial charge >= 0.3 is 0 Å². The number of aryl methyl sites for hydroxylation is 1. The Morgan fingerprint density at radius 3 is 2.58 bits per heavy atom. The van der Waals surface area contributed by atoms with Crippen molar-refractivity contribution in [1.82, 2.24) is 0 Å². The van der Waals surface area contributed by atoms with E-state index >= 15 is 0 Å². The van der Waals surface area contributed by atoms with Crippen molar-refractivity contribution in [3.05, 3.63) is 54.4 Å². The Balaban J connectivity index is 2.91. The summed E-state index contributed by atoms with van der Waals surface area (Å²) in [5, 5.41) is 2.53. The molecule has 0 unspecified atom stereocenters. The lowest BCUT2D eigenvalue weighted by Gasteiger charge is -2.03. The topological polar surface area (TPSA) is 0 Å². The summed E-state index contributed by atoms with van der Waals surface area (Å²) in [5.41, 5.74) is 2.40. The summed E-state index contributed by atoms with van der Waals surface area (Å²) in [6.07, 6.45) is 0. The molecule has 0 aliphatic heterocycles. The highest BCUT2D eigenvalue weighted by molar-refractivity contribution is 5.87. The molecule has 0 nitrogen and oxygen atoms in total. The van der Waals surface area contributed by atoms with Crippen molar-refractivity contribution in [3.63, 3.8) is 0 Å². The Morgan fingerprint density at radius 1 is 1.00 bits per heavy atom. The first kappa shape index (κ1) is 7.35. The maximum atomic E-state index is 4.05. The molecule has 2 aromatic rings. The van der Waals surface area contributed by atoms with Crippen LogP contribution in [-0.4, -0.2) is 0 Å². The first-order valence-electron chi connectivity index (χ1n) is 4.09. The summed E-state index contributed by atoms with van der Waals surface area (Å²) in [4.78, 5) is 0. The van der Waals surface area contributed by atoms with Gasteiger partial charge in [0.25, 0.3) is 0 Å². The van der Waals surface area contributed by atoms with Crippen molar-refractivity contribution in [2.45, 2.75) is 6.92 Å². The SMILES string of the molecule is [CH2]c1c(C)ccc2ccccc12. The van der Waals surface area contributed by atoms with Gasteiger partial charge in [0.2, 0.25) is 0 Å². The van der Waals surface area contributed by atoms with E-state index in [1.165, 1.54) is 16.3 Å². The van der Waals surface area contributed by atoms with E-state index in [9.17, 15) is 0 Å². The zero-order valence-corrected chi connectivity index (χ0v) is 7.17. The Morgan fingerprint density at radius 2 is 1.75 bits per heavy atom. The minimum Gasteiger partial charge on any atom is -0.0616 e. The Labute approximate surface area is 72.8 Å². The average molecular weight is 155 g/mol. The third-order valence-electron chi connectivity index (χ3n) is 2.27. The van der Waals surface area contributed by atoms with E-state index in [2.05, 4.69) is 50.2 Å². The molecule has 0 N–H and O–H groups in total. The highest BCUT2D eigenvalue weighted by Crippen LogP contribution is 2.20. The molecule has 0 spiro atoms. The molecule has 0 aliphatic carbocycles. The fourth-order valence-corrected chi connectivity index (χ4v) is 1.44. The molecule has 12 heavy (non-hydrogen) atoms. The van der Waals surface area contributed by atoms with Gasteiger partial charge in [-0.05, 0) is 35.7 Å². The number of hydrogen-bond acceptors (Lipinski definition) is 0. The third-order valence-corrected chi connectivity index (χ3v) is 2.27. The van der Waals surface area contributed by atoms with Crippen molar-refractivity contribution >= 4 is 10.8 Å². The summed E-state index contributed by atoms with van der Waals surface area (Å²) >= 11 is 0. The zero-order valence-electron chi connectivity index (χ0n) is 7.17. The normalized spacial score (nSPS) is 10.5. The second kappa shape index (κ2) is 2.63. The van der Waals surface area contributed by atoms with Gasteiger partial charge in [-0.15, -0.1) is 0 Å². The number of fused-ring (bicyclic) bond motifs is 1. The van der Waals surface area contributed by atoms with Crippen LogP contribution in [0.4, 0.5) is 0 Å². The molecule has 0 atom stereocenters. The van der Waals surface area contributed by atoms with Crippen molar-refractivity contribution in [2.24, 2.45) is 0 Å². The zero-order chi connectivity index (χ0) is 8.55. The summed E-state index contributed by atoms with van der Waals surface area (Å²) < 4.78 is 0. The van der Waals surface area contributed by atoms with E-state index in [4.69, 9.17) is 0 Å². The summed E-state index contributed by atoms with van der Waals surface area (Å²) in [6.45, 7) is 6.14. The predicted octanol–water partition coefficient (Wildman–Crippen LogP) is 3.33. The average Bonchev–Trinajstić information content (AvgIpc) is 2.12. The van der Waals surface area contributed by atoms with Crippen LogP contribution in [-0.2, 0) is 0 Å². The Kier molecular flexibility index (Phi) is 1.61. The van der Waals surface area contributed by atoms with Crippen LogP contribution in [0.15, 0.2) is 36.4 Å². The summed E-state index contributed by atoms with van der Waals surface area (Å²) in [5.74, 6) is 0. The lowest BCUT2D eigenvalue weighted by Crippen LogP contribution is -1.82. The molecular weight excluding hydrogens is 144 g/mol. The highest BCUT2D eigenvalue weighted by atomic mass is 14.0. The second-order valence-electron chi connectivity index (χ2n) is 3.08. The number of rotatable bonds is 0. The first-order chi connectivity index (χ1) is 5.79. The van der Waals surface area contributed by atoms with E-state index in [0.29, 0.717) is 0 Å². The molecule has 0 saturated heterocycles. The molecule has 0 fully saturated rings. The number of benzene rings is 2. The predicted molar refractivity (Wildman–Crippen MR) is 53.1 cm³/mol. The van der Waals surface area contributed by atoms with Crippen LogP contribution in [0.3, 0.4) is 0 Å². The van der Waals surface area contributed by atoms with Gasteiger partial charge in [0.05, 0.1) is 0 Å². The van der Waals surface area contributed by atoms with Gasteiger partial charge in [0, 0.05) is 0 Å². The van der Waals surface area contributed by atoms with Crippen LogP contribution in [0.25, 0.3) is 10.8 Å². The van der Waals surface area contributed by atoms with Gasteiger partial charge in [0.1, 0.15) is 0 Å². The molecule has 0 aromatic heterocycles. The standard InChI is InChI=1S/C12H11/c1-9-7-8-11-5-3-4-6-12(11)10(9)2/h3-8H,2H2,1H3. The van der Waals surface area contributed by atoms with Crippen LogP contribution in [0.1, 0.15) is 11.1 Å². The summed E-state index contributed by atoms with van der Waals surface area (Å²) in [7, 11) is 0. The Bertz CT molecular complexity index is 413. The largest absolute Gasteiger partial charge is 0.0616 e. The molecule has 0 amide bonds. The van der Waals surface area contributed by atoms with Crippen LogP contribution in [0.2, 0.25) is 0 Å². The minimum absolute atomic E-state index is 1.15. The minimum atomic E-state index is 1.15. The molecular formula is C12H11. The maximum Gasteiger partial charge on any atom is -0.0149 e. The lowest BCUT2D eigenvalue weighted by molar-refractivity contribution is 1.45. The monoisotopic (exact) mass is 155 g/mol. The molecule has 0 heteroatoms. The summed E-state index contributed by atoms with van der Waals surface area (Å²) in [6, 6.07) is 12.6. The van der Waals surface area contributed by atoms with Gasteiger partial charge in [-0.1, -0.05) is 36.4 Å². The van der Waals surface area contributed by atoms with Gasteiger partial charge in [-0.3, -0.25) is 0 Å². The molecule has 0 saturated carbocycles. The molecule has 2 aromatic carbocycles. The second-order valence-corrected chi connectivity index (χ2v) is 3.08. The van der Waals surface area contributed by atoms with Gasteiger partial charge in [-0.2, -0.15) is 0 Å². The maximum absolute atomic E-state index is 4.05. The lowest BCUT2D eigenvalue weighted by atomic mass is 10.0. The van der Waals surface area contributed by atoms with Gasteiger partial charge in [-0.25, -0.2) is 0 Å². The smallest absolute Gasteiger partial charge is 0.0149 e. The Hall–Kier alpha value is -1.30. The fraction of sp³-hybridized carbons (Fsp3) is 0.0833. The van der Waals surface area contributed by atoms with Crippen LogP contribution >= 0.6 is 0 Å². The van der Waals surface area contributed by atoms with Gasteiger partial charge in [0.15, 0.2) is 0 Å². The fourth-order valence-electron chi connectivity index (χ4n) is 1.44. The van der Waals surface area contributed by atoms with Crippen LogP contribution in [0.5, 0.6) is 0 Å². The van der Waals surface area contributed by atoms with E-state index in [-0.39, 0.29) is 0 Å². The molecule has 59 valence electrons. The van der Waals surface area contributed by atoms with Crippen molar-refractivity contribution in [1.29, 1.82) is 0 Å². The van der Waals surface area contributed by atoms with Crippen molar-refractivity contribution in [2.75, 3.05) is 0 Å². The first-order valence-corrected chi connectivity index (χ1v) is 4.09. The van der Waals surface area contributed by atoms with Gasteiger partial charge < -0.3 is 0 Å². The van der Waals surface area contributed by atoms with E-state index in [1.807, 2.05) is 0 Å². The molecule has 1 radical (unpaired) electrons. The molecule has 0 bridgehead atoms. The van der Waals surface area contributed by atoms with E-state index in [0.717, 1.165) is 5.56 Å². The van der Waals surface area contributed by atoms with Crippen molar-refractivity contribution < 1.29 is 0 Å². The van der Waals surface area contributed by atoms with E-state index < -0.39 is 0 Å². The molecule has 0 aliphatic rings. The quantitative estimate of drug-likeness (QED) is 0.547. The highest BCUT2D eigenvalue weighted by Gasteiger charge is 1.97. The molecule has 0 heterocycles. The van der Waals surface area contributed by atoms with Crippen molar-refractivity contribution in [3.8, 4) is 0 Å². The van der Waals surface area contributed by atoms with Crippen LogP contribution < -0.4 is 0 Å². The molecule has 2 rings (SSSR count). The third kappa shape index (κ3) is 1.00. The van der Waals surface area contributed by atoms with E-state index in [1.54, 1.807) is 0 Å². The van der Waals surface area contributed by atoms with Crippen LogP contribution in [0, 0.1) is 13.8 Å². The number of hydrogen-bond donors (Lipinski definition) is 0.